The van der Waals surface area contributed by atoms with Gasteiger partial charge < -0.3 is 4.90 Å². The molecule has 1 aromatic heterocycles. The maximum absolute atomic E-state index is 12.4. The van der Waals surface area contributed by atoms with Crippen molar-refractivity contribution in [3.8, 4) is 0 Å². The first-order chi connectivity index (χ1) is 11.1. The van der Waals surface area contributed by atoms with Gasteiger partial charge in [0, 0.05) is 49.7 Å². The van der Waals surface area contributed by atoms with Crippen LogP contribution >= 0.6 is 11.3 Å². The molecule has 1 fully saturated rings. The monoisotopic (exact) mass is 331 g/mol. The van der Waals surface area contributed by atoms with Crippen molar-refractivity contribution in [2.75, 3.05) is 26.2 Å². The second-order valence-corrected chi connectivity index (χ2v) is 6.37. The van der Waals surface area contributed by atoms with Crippen LogP contribution in [0, 0.1) is 10.1 Å². The Balaban J connectivity index is 1.54. The van der Waals surface area contributed by atoms with E-state index in [-0.39, 0.29) is 15.8 Å². The summed E-state index contributed by atoms with van der Waals surface area (Å²) < 4.78 is 0. The zero-order chi connectivity index (χ0) is 16.2. The van der Waals surface area contributed by atoms with Crippen molar-refractivity contribution in [2.45, 2.75) is 6.54 Å². The topological polar surface area (TPSA) is 66.7 Å². The van der Waals surface area contributed by atoms with Crippen LogP contribution in [-0.4, -0.2) is 46.8 Å². The number of thiophene rings is 1. The lowest BCUT2D eigenvalue weighted by atomic mass is 10.2. The van der Waals surface area contributed by atoms with E-state index in [4.69, 9.17) is 0 Å². The number of nitrogens with zero attached hydrogens (tertiary/aromatic N) is 3. The van der Waals surface area contributed by atoms with Crippen LogP contribution in [0.15, 0.2) is 41.8 Å². The largest absolute Gasteiger partial charge is 0.336 e. The van der Waals surface area contributed by atoms with Crippen molar-refractivity contribution in [3.63, 3.8) is 0 Å². The van der Waals surface area contributed by atoms with Gasteiger partial charge in [0.2, 0.25) is 0 Å². The quantitative estimate of drug-likeness (QED) is 0.638. The van der Waals surface area contributed by atoms with E-state index in [1.165, 1.54) is 0 Å². The highest BCUT2D eigenvalue weighted by molar-refractivity contribution is 7.13. The number of nitro groups is 1. The summed E-state index contributed by atoms with van der Waals surface area (Å²) in [6.07, 6.45) is 0. The minimum absolute atomic E-state index is 0.0661. The first-order valence-electron chi connectivity index (χ1n) is 7.42. The summed E-state index contributed by atoms with van der Waals surface area (Å²) in [5.74, 6) is 0.0661. The van der Waals surface area contributed by atoms with Crippen LogP contribution in [0.5, 0.6) is 0 Å². The predicted octanol–water partition coefficient (Wildman–Crippen LogP) is 2.61. The van der Waals surface area contributed by atoms with Gasteiger partial charge in [0.1, 0.15) is 0 Å². The van der Waals surface area contributed by atoms with Gasteiger partial charge in [-0.15, -0.1) is 0 Å². The molecule has 0 spiro atoms. The Labute approximate surface area is 138 Å². The molecule has 23 heavy (non-hydrogen) atoms. The lowest BCUT2D eigenvalue weighted by Crippen LogP contribution is -2.48. The van der Waals surface area contributed by atoms with Gasteiger partial charge in [0.05, 0.1) is 4.92 Å². The molecule has 7 heteroatoms. The molecule has 1 aliphatic rings. The third kappa shape index (κ3) is 3.75. The van der Waals surface area contributed by atoms with E-state index in [1.54, 1.807) is 6.07 Å². The summed E-state index contributed by atoms with van der Waals surface area (Å²) in [7, 11) is 0. The number of carbonyl (C=O) groups excluding carboxylic acids is 1. The van der Waals surface area contributed by atoms with E-state index >= 15 is 0 Å². The van der Waals surface area contributed by atoms with Crippen molar-refractivity contribution >= 4 is 22.2 Å². The highest BCUT2D eigenvalue weighted by Gasteiger charge is 2.22. The Morgan fingerprint density at radius 1 is 1.17 bits per heavy atom. The number of amides is 1. The number of hydrogen-bond acceptors (Lipinski definition) is 5. The molecule has 0 bridgehead atoms. The average Bonchev–Trinajstić information content (AvgIpc) is 3.04. The fourth-order valence-electron chi connectivity index (χ4n) is 2.67. The van der Waals surface area contributed by atoms with E-state index in [2.05, 4.69) is 4.90 Å². The van der Waals surface area contributed by atoms with E-state index in [0.717, 1.165) is 35.6 Å². The Kier molecular flexibility index (Phi) is 4.68. The molecule has 1 aliphatic heterocycles. The van der Waals surface area contributed by atoms with Crippen molar-refractivity contribution in [2.24, 2.45) is 0 Å². The number of carbonyl (C=O) groups is 1. The minimum atomic E-state index is -0.357. The second-order valence-electron chi connectivity index (χ2n) is 5.48. The fraction of sp³-hybridized carbons (Fsp3) is 0.312. The lowest BCUT2D eigenvalue weighted by Gasteiger charge is -2.34. The molecule has 120 valence electrons. The van der Waals surface area contributed by atoms with Crippen LogP contribution < -0.4 is 0 Å². The van der Waals surface area contributed by atoms with Gasteiger partial charge in [-0.3, -0.25) is 19.8 Å². The van der Waals surface area contributed by atoms with Crippen LogP contribution in [0.4, 0.5) is 5.00 Å². The summed E-state index contributed by atoms with van der Waals surface area (Å²) in [6, 6.07) is 10.9. The Morgan fingerprint density at radius 2 is 1.87 bits per heavy atom. The Bertz CT molecular complexity index is 694. The average molecular weight is 331 g/mol. The first kappa shape index (κ1) is 15.6. The van der Waals surface area contributed by atoms with Crippen molar-refractivity contribution in [3.05, 3.63) is 63.0 Å². The maximum Gasteiger partial charge on any atom is 0.324 e. The van der Waals surface area contributed by atoms with Gasteiger partial charge in [-0.25, -0.2) is 0 Å². The van der Waals surface area contributed by atoms with E-state index in [1.807, 2.05) is 40.6 Å². The van der Waals surface area contributed by atoms with Gasteiger partial charge in [-0.2, -0.15) is 0 Å². The highest BCUT2D eigenvalue weighted by Crippen LogP contribution is 2.24. The third-order valence-corrected chi connectivity index (χ3v) is 4.84. The van der Waals surface area contributed by atoms with Gasteiger partial charge in [0.15, 0.2) is 0 Å². The first-order valence-corrected chi connectivity index (χ1v) is 8.30. The molecule has 0 N–H and O–H groups in total. The molecular weight excluding hydrogens is 314 g/mol. The maximum atomic E-state index is 12.4. The summed E-state index contributed by atoms with van der Waals surface area (Å²) in [5, 5.41) is 12.7. The normalized spacial score (nSPS) is 15.6. The van der Waals surface area contributed by atoms with Crippen LogP contribution in [0.2, 0.25) is 0 Å². The zero-order valence-electron chi connectivity index (χ0n) is 12.6. The van der Waals surface area contributed by atoms with Gasteiger partial charge >= 0.3 is 5.00 Å². The molecule has 0 aliphatic carbocycles. The van der Waals surface area contributed by atoms with Crippen molar-refractivity contribution in [1.29, 1.82) is 0 Å². The summed E-state index contributed by atoms with van der Waals surface area (Å²) in [4.78, 5) is 26.8. The van der Waals surface area contributed by atoms with Crippen LogP contribution in [0.1, 0.15) is 15.9 Å². The molecule has 1 saturated heterocycles. The smallest absolute Gasteiger partial charge is 0.324 e. The molecule has 2 heterocycles. The second kappa shape index (κ2) is 6.89. The summed E-state index contributed by atoms with van der Waals surface area (Å²) in [6.45, 7) is 3.61. The van der Waals surface area contributed by atoms with Crippen LogP contribution in [-0.2, 0) is 6.54 Å². The van der Waals surface area contributed by atoms with E-state index in [9.17, 15) is 14.9 Å². The molecule has 0 atom stereocenters. The fourth-order valence-corrected chi connectivity index (χ4v) is 3.39. The van der Waals surface area contributed by atoms with Crippen molar-refractivity contribution in [1.82, 2.24) is 9.80 Å². The SMILES string of the molecule is O=C(c1ccccc1)N1CCN(Cc2csc([N+](=O)[O-])c2)CC1. The zero-order valence-corrected chi connectivity index (χ0v) is 13.4. The van der Waals surface area contributed by atoms with Gasteiger partial charge in [0.25, 0.3) is 5.91 Å². The molecule has 1 aromatic carbocycles. The van der Waals surface area contributed by atoms with Crippen molar-refractivity contribution < 1.29 is 9.72 Å². The lowest BCUT2D eigenvalue weighted by molar-refractivity contribution is -0.380. The number of piperazine rings is 1. The number of rotatable bonds is 4. The molecule has 6 nitrogen and oxygen atoms in total. The third-order valence-electron chi connectivity index (χ3n) is 3.91. The predicted molar refractivity (Wildman–Crippen MR) is 88.6 cm³/mol. The minimum Gasteiger partial charge on any atom is -0.336 e. The Morgan fingerprint density at radius 3 is 2.48 bits per heavy atom. The van der Waals surface area contributed by atoms with Crippen LogP contribution in [0.3, 0.4) is 0 Å². The van der Waals surface area contributed by atoms with Gasteiger partial charge in [-0.05, 0) is 17.7 Å². The van der Waals surface area contributed by atoms with E-state index < -0.39 is 0 Å². The molecule has 0 unspecified atom stereocenters. The van der Waals surface area contributed by atoms with Crippen LogP contribution in [0.25, 0.3) is 0 Å². The van der Waals surface area contributed by atoms with Gasteiger partial charge in [-0.1, -0.05) is 29.5 Å². The molecular formula is C16H17N3O3S. The summed E-state index contributed by atoms with van der Waals surface area (Å²) in [5.41, 5.74) is 1.68. The molecule has 0 radical (unpaired) electrons. The number of benzene rings is 1. The van der Waals surface area contributed by atoms with E-state index in [0.29, 0.717) is 19.6 Å². The molecule has 3 rings (SSSR count). The Hall–Kier alpha value is -2.25. The summed E-state index contributed by atoms with van der Waals surface area (Å²) >= 11 is 1.16. The molecule has 0 saturated carbocycles. The highest BCUT2D eigenvalue weighted by atomic mass is 32.1. The molecule has 2 aromatic rings. The molecule has 1 amide bonds. The standard InChI is InChI=1S/C16H17N3O3S/c20-16(14-4-2-1-3-5-14)18-8-6-17(7-9-18)11-13-10-15(19(21)22)23-12-13/h1-5,10,12H,6-9,11H2. The number of hydrogen-bond donors (Lipinski definition) is 0.